The number of rotatable bonds is 7. The number of hydrogen-bond donors (Lipinski definition) is 1. The van der Waals surface area contributed by atoms with Crippen LogP contribution in [0.5, 0.6) is 11.5 Å². The number of amides is 1. The molecule has 1 amide bonds. The molecule has 6 nitrogen and oxygen atoms in total. The van der Waals surface area contributed by atoms with E-state index in [-0.39, 0.29) is 17.9 Å². The summed E-state index contributed by atoms with van der Waals surface area (Å²) in [6.45, 7) is 3.78. The first kappa shape index (κ1) is 21.3. The van der Waals surface area contributed by atoms with Crippen LogP contribution in [0.15, 0.2) is 78.9 Å². The van der Waals surface area contributed by atoms with E-state index in [9.17, 15) is 14.9 Å². The molecule has 0 bridgehead atoms. The number of nitriles is 1. The molecule has 3 aromatic rings. The number of carbonyl (C=O) groups excluding carboxylic acids is 2. The van der Waals surface area contributed by atoms with E-state index in [0.29, 0.717) is 16.9 Å². The zero-order chi connectivity index (χ0) is 22.2. The Bertz CT molecular complexity index is 1220. The molecule has 3 aromatic carbocycles. The number of esters is 1. The largest absolute Gasteiger partial charge is 0.493 e. The Morgan fingerprint density at radius 3 is 2.61 bits per heavy atom. The average molecular weight is 412 g/mol. The van der Waals surface area contributed by atoms with Gasteiger partial charge in [-0.15, -0.1) is 6.58 Å². The van der Waals surface area contributed by atoms with Crippen molar-refractivity contribution in [2.45, 2.75) is 0 Å². The minimum atomic E-state index is -0.514. The van der Waals surface area contributed by atoms with Crippen molar-refractivity contribution < 1.29 is 19.1 Å². The van der Waals surface area contributed by atoms with Crippen LogP contribution >= 0.6 is 0 Å². The molecule has 0 spiro atoms. The van der Waals surface area contributed by atoms with Crippen molar-refractivity contribution in [1.82, 2.24) is 5.32 Å². The van der Waals surface area contributed by atoms with Gasteiger partial charge in [0.15, 0.2) is 11.5 Å². The van der Waals surface area contributed by atoms with Gasteiger partial charge in [-0.25, -0.2) is 4.79 Å². The van der Waals surface area contributed by atoms with Crippen molar-refractivity contribution in [2.75, 3.05) is 13.7 Å². The monoisotopic (exact) mass is 412 g/mol. The Morgan fingerprint density at radius 1 is 1.10 bits per heavy atom. The van der Waals surface area contributed by atoms with Crippen molar-refractivity contribution in [2.24, 2.45) is 0 Å². The predicted molar refractivity (Wildman–Crippen MR) is 119 cm³/mol. The van der Waals surface area contributed by atoms with Gasteiger partial charge in [0.05, 0.1) is 12.7 Å². The van der Waals surface area contributed by atoms with Gasteiger partial charge in [0, 0.05) is 6.54 Å². The second-order valence-electron chi connectivity index (χ2n) is 6.50. The summed E-state index contributed by atoms with van der Waals surface area (Å²) < 4.78 is 10.9. The van der Waals surface area contributed by atoms with Crippen LogP contribution in [0, 0.1) is 11.3 Å². The fraction of sp³-hybridized carbons (Fsp3) is 0.0800. The predicted octanol–water partition coefficient (Wildman–Crippen LogP) is 4.28. The third kappa shape index (κ3) is 4.98. The summed E-state index contributed by atoms with van der Waals surface area (Å²) in [5.41, 5.74) is 0.922. The molecule has 3 rings (SSSR count). The summed E-state index contributed by atoms with van der Waals surface area (Å²) in [7, 11) is 1.44. The summed E-state index contributed by atoms with van der Waals surface area (Å²) in [6, 6.07) is 19.6. The molecule has 0 aromatic heterocycles. The topological polar surface area (TPSA) is 88.4 Å². The quantitative estimate of drug-likeness (QED) is 0.206. The highest BCUT2D eigenvalue weighted by atomic mass is 16.6. The molecule has 0 fully saturated rings. The molecule has 0 aliphatic rings. The first-order chi connectivity index (χ1) is 15.1. The van der Waals surface area contributed by atoms with Crippen LogP contribution < -0.4 is 14.8 Å². The van der Waals surface area contributed by atoms with E-state index in [1.807, 2.05) is 36.4 Å². The average Bonchev–Trinajstić information content (AvgIpc) is 2.81. The molecule has 0 atom stereocenters. The number of hydrogen-bond acceptors (Lipinski definition) is 5. The van der Waals surface area contributed by atoms with Gasteiger partial charge in [-0.2, -0.15) is 5.26 Å². The van der Waals surface area contributed by atoms with E-state index in [1.54, 1.807) is 30.3 Å². The molecule has 0 aliphatic carbocycles. The van der Waals surface area contributed by atoms with Crippen LogP contribution in [-0.2, 0) is 4.79 Å². The standard InChI is InChI=1S/C25H20N2O4/c1-3-13-27-24(28)19(16-26)14-17-11-12-22(23(15-17)30-2)31-25(29)21-10-6-8-18-7-4-5-9-20(18)21/h3-12,14-15H,1,13H2,2H3,(H,27,28)/b19-14-. The minimum absolute atomic E-state index is 0.0654. The third-order valence-electron chi connectivity index (χ3n) is 4.48. The number of fused-ring (bicyclic) bond motifs is 1. The summed E-state index contributed by atoms with van der Waals surface area (Å²) in [5.74, 6) is -0.494. The molecule has 31 heavy (non-hydrogen) atoms. The molecule has 6 heteroatoms. The van der Waals surface area contributed by atoms with Crippen LogP contribution in [0.2, 0.25) is 0 Å². The molecule has 0 radical (unpaired) electrons. The van der Waals surface area contributed by atoms with E-state index in [2.05, 4.69) is 11.9 Å². The van der Waals surface area contributed by atoms with Gasteiger partial charge in [-0.05, 0) is 40.6 Å². The highest BCUT2D eigenvalue weighted by Crippen LogP contribution is 2.30. The number of ether oxygens (including phenoxy) is 2. The van der Waals surface area contributed by atoms with E-state index in [1.165, 1.54) is 19.3 Å². The molecule has 0 unspecified atom stereocenters. The molecule has 0 saturated heterocycles. The number of methoxy groups -OCH3 is 1. The molecule has 0 aliphatic heterocycles. The van der Waals surface area contributed by atoms with Gasteiger partial charge in [0.25, 0.3) is 5.91 Å². The van der Waals surface area contributed by atoms with Crippen molar-refractivity contribution in [3.8, 4) is 17.6 Å². The van der Waals surface area contributed by atoms with Crippen LogP contribution in [-0.4, -0.2) is 25.5 Å². The minimum Gasteiger partial charge on any atom is -0.493 e. The van der Waals surface area contributed by atoms with Gasteiger partial charge in [-0.3, -0.25) is 4.79 Å². The van der Waals surface area contributed by atoms with E-state index in [0.717, 1.165) is 10.8 Å². The highest BCUT2D eigenvalue weighted by Gasteiger charge is 2.16. The zero-order valence-corrected chi connectivity index (χ0v) is 16.9. The number of nitrogens with zero attached hydrogens (tertiary/aromatic N) is 1. The Labute approximate surface area is 180 Å². The summed E-state index contributed by atoms with van der Waals surface area (Å²) in [4.78, 5) is 24.8. The molecule has 0 heterocycles. The molecular formula is C25H20N2O4. The Hall–Kier alpha value is -4.37. The lowest BCUT2D eigenvalue weighted by atomic mass is 10.0. The molecule has 0 saturated carbocycles. The summed E-state index contributed by atoms with van der Waals surface area (Å²) in [5, 5.41) is 13.5. The van der Waals surface area contributed by atoms with Crippen molar-refractivity contribution in [3.05, 3.63) is 90.0 Å². The lowest BCUT2D eigenvalue weighted by Crippen LogP contribution is -2.24. The third-order valence-corrected chi connectivity index (χ3v) is 4.48. The lowest BCUT2D eigenvalue weighted by molar-refractivity contribution is -0.116. The van der Waals surface area contributed by atoms with Gasteiger partial charge < -0.3 is 14.8 Å². The van der Waals surface area contributed by atoms with Gasteiger partial charge >= 0.3 is 5.97 Å². The molecule has 154 valence electrons. The first-order valence-corrected chi connectivity index (χ1v) is 9.46. The maximum Gasteiger partial charge on any atom is 0.344 e. The van der Waals surface area contributed by atoms with Crippen molar-refractivity contribution >= 4 is 28.7 Å². The lowest BCUT2D eigenvalue weighted by Gasteiger charge is -2.11. The second kappa shape index (κ2) is 9.90. The maximum atomic E-state index is 12.8. The normalized spacial score (nSPS) is 10.8. The molecule has 1 N–H and O–H groups in total. The fourth-order valence-electron chi connectivity index (χ4n) is 2.99. The van der Waals surface area contributed by atoms with Crippen LogP contribution in [0.25, 0.3) is 16.8 Å². The zero-order valence-electron chi connectivity index (χ0n) is 16.9. The Balaban J connectivity index is 1.87. The smallest absolute Gasteiger partial charge is 0.344 e. The Kier molecular flexibility index (Phi) is 6.82. The highest BCUT2D eigenvalue weighted by molar-refractivity contribution is 6.05. The first-order valence-electron chi connectivity index (χ1n) is 9.46. The maximum absolute atomic E-state index is 12.8. The van der Waals surface area contributed by atoms with Crippen molar-refractivity contribution in [1.29, 1.82) is 5.26 Å². The van der Waals surface area contributed by atoms with Crippen LogP contribution in [0.4, 0.5) is 0 Å². The van der Waals surface area contributed by atoms with Crippen molar-refractivity contribution in [3.63, 3.8) is 0 Å². The number of carbonyl (C=O) groups is 2. The number of benzene rings is 3. The van der Waals surface area contributed by atoms with E-state index >= 15 is 0 Å². The van der Waals surface area contributed by atoms with Crippen LogP contribution in [0.3, 0.4) is 0 Å². The van der Waals surface area contributed by atoms with E-state index in [4.69, 9.17) is 9.47 Å². The Morgan fingerprint density at radius 2 is 1.87 bits per heavy atom. The van der Waals surface area contributed by atoms with Crippen LogP contribution in [0.1, 0.15) is 15.9 Å². The van der Waals surface area contributed by atoms with Gasteiger partial charge in [0.1, 0.15) is 11.6 Å². The molecular weight excluding hydrogens is 392 g/mol. The van der Waals surface area contributed by atoms with E-state index < -0.39 is 11.9 Å². The second-order valence-corrected chi connectivity index (χ2v) is 6.50. The van der Waals surface area contributed by atoms with Gasteiger partial charge in [-0.1, -0.05) is 48.5 Å². The summed E-state index contributed by atoms with van der Waals surface area (Å²) in [6.07, 6.45) is 2.95. The summed E-state index contributed by atoms with van der Waals surface area (Å²) >= 11 is 0. The van der Waals surface area contributed by atoms with Gasteiger partial charge in [0.2, 0.25) is 0 Å². The SMILES string of the molecule is C=CCNC(=O)/C(C#N)=C\c1ccc(OC(=O)c2cccc3ccccc23)c(OC)c1. The number of nitrogens with one attached hydrogen (secondary N) is 1. The fourth-order valence-corrected chi connectivity index (χ4v) is 2.99.